The number of nitrogens with zero attached hydrogens (tertiary/aromatic N) is 3. The van der Waals surface area contributed by atoms with Crippen molar-refractivity contribution in [2.45, 2.75) is 13.3 Å². The van der Waals surface area contributed by atoms with Crippen molar-refractivity contribution in [3.8, 4) is 0 Å². The van der Waals surface area contributed by atoms with Gasteiger partial charge in [0.2, 0.25) is 0 Å². The molecule has 0 saturated carbocycles. The van der Waals surface area contributed by atoms with Crippen LogP contribution in [0.3, 0.4) is 0 Å². The maximum absolute atomic E-state index is 10.5. The SMILES string of the molecule is CCc1noc2ncc(C=O)n12. The minimum Gasteiger partial charge on any atom is -0.315 e. The lowest BCUT2D eigenvalue weighted by Gasteiger charge is -1.88. The van der Waals surface area contributed by atoms with Crippen molar-refractivity contribution in [1.29, 1.82) is 0 Å². The molecule has 0 unspecified atom stereocenters. The minimum absolute atomic E-state index is 0.369. The third-order valence-electron chi connectivity index (χ3n) is 1.68. The van der Waals surface area contributed by atoms with E-state index in [1.807, 2.05) is 6.92 Å². The first-order valence-electron chi connectivity index (χ1n) is 3.64. The molecule has 12 heavy (non-hydrogen) atoms. The summed E-state index contributed by atoms with van der Waals surface area (Å²) in [5.74, 6) is 1.08. The molecule has 2 aromatic rings. The number of aldehydes is 1. The molecule has 0 fully saturated rings. The molecule has 0 atom stereocenters. The van der Waals surface area contributed by atoms with Gasteiger partial charge in [0, 0.05) is 6.42 Å². The smallest absolute Gasteiger partial charge is 0.315 e. The molecule has 2 rings (SSSR count). The van der Waals surface area contributed by atoms with Crippen molar-refractivity contribution in [2.24, 2.45) is 0 Å². The molecule has 0 spiro atoms. The predicted molar refractivity (Wildman–Crippen MR) is 40.0 cm³/mol. The topological polar surface area (TPSA) is 60.4 Å². The van der Waals surface area contributed by atoms with Crippen LogP contribution in [0.25, 0.3) is 5.84 Å². The molecular formula is C7H7N3O2. The van der Waals surface area contributed by atoms with E-state index in [9.17, 15) is 4.79 Å². The second-order valence-electron chi connectivity index (χ2n) is 2.37. The van der Waals surface area contributed by atoms with E-state index in [-0.39, 0.29) is 0 Å². The van der Waals surface area contributed by atoms with Crippen LogP contribution in [0.15, 0.2) is 10.7 Å². The molecule has 0 aliphatic carbocycles. The third-order valence-corrected chi connectivity index (χ3v) is 1.68. The normalized spacial score (nSPS) is 10.8. The third kappa shape index (κ3) is 0.761. The van der Waals surface area contributed by atoms with Crippen LogP contribution in [-0.2, 0) is 6.42 Å². The van der Waals surface area contributed by atoms with Gasteiger partial charge in [-0.15, -0.1) is 0 Å². The maximum atomic E-state index is 10.5. The monoisotopic (exact) mass is 165 g/mol. The highest BCUT2D eigenvalue weighted by Crippen LogP contribution is 2.08. The molecule has 0 aliphatic rings. The Morgan fingerprint density at radius 3 is 3.25 bits per heavy atom. The lowest BCUT2D eigenvalue weighted by atomic mass is 10.4. The van der Waals surface area contributed by atoms with E-state index < -0.39 is 0 Å². The van der Waals surface area contributed by atoms with Crippen molar-refractivity contribution < 1.29 is 9.32 Å². The number of rotatable bonds is 2. The number of aromatic nitrogens is 3. The van der Waals surface area contributed by atoms with Crippen LogP contribution in [0.1, 0.15) is 23.2 Å². The largest absolute Gasteiger partial charge is 0.332 e. The fraction of sp³-hybridized carbons (Fsp3) is 0.286. The zero-order chi connectivity index (χ0) is 8.55. The average molecular weight is 165 g/mol. The quantitative estimate of drug-likeness (QED) is 0.614. The van der Waals surface area contributed by atoms with Gasteiger partial charge in [0.05, 0.1) is 6.20 Å². The molecule has 0 amide bonds. The lowest BCUT2D eigenvalue weighted by molar-refractivity contribution is 0.111. The second kappa shape index (κ2) is 2.44. The molecule has 0 bridgehead atoms. The maximum Gasteiger partial charge on any atom is 0.332 e. The summed E-state index contributed by atoms with van der Waals surface area (Å²) in [6, 6.07) is 0. The van der Waals surface area contributed by atoms with Crippen LogP contribution >= 0.6 is 0 Å². The molecule has 5 heteroatoms. The zero-order valence-electron chi connectivity index (χ0n) is 6.52. The number of hydrogen-bond donors (Lipinski definition) is 0. The number of imidazole rings is 1. The van der Waals surface area contributed by atoms with Gasteiger partial charge >= 0.3 is 5.84 Å². The van der Waals surface area contributed by atoms with E-state index in [1.54, 1.807) is 4.40 Å². The summed E-state index contributed by atoms with van der Waals surface area (Å²) in [5.41, 5.74) is 0.475. The Bertz CT molecular complexity index is 415. The number of carbonyl (C=O) groups excluding carboxylic acids is 1. The molecule has 5 nitrogen and oxygen atoms in total. The van der Waals surface area contributed by atoms with Crippen molar-refractivity contribution >= 4 is 12.1 Å². The number of fused-ring (bicyclic) bond motifs is 1. The van der Waals surface area contributed by atoms with Gasteiger partial charge in [0.1, 0.15) is 5.69 Å². The first-order valence-corrected chi connectivity index (χ1v) is 3.64. The van der Waals surface area contributed by atoms with Crippen LogP contribution in [0.4, 0.5) is 0 Å². The molecule has 62 valence electrons. The Balaban J connectivity index is 2.78. The standard InChI is InChI=1S/C7H7N3O2/c1-2-6-9-12-7-8-3-5(4-11)10(6)7/h3-4H,2H2,1H3. The van der Waals surface area contributed by atoms with Crippen LogP contribution < -0.4 is 0 Å². The Morgan fingerprint density at radius 2 is 2.58 bits per heavy atom. The van der Waals surface area contributed by atoms with Crippen molar-refractivity contribution in [1.82, 2.24) is 14.5 Å². The summed E-state index contributed by atoms with van der Waals surface area (Å²) in [4.78, 5) is 14.4. The Morgan fingerprint density at radius 1 is 1.75 bits per heavy atom. The van der Waals surface area contributed by atoms with E-state index in [2.05, 4.69) is 10.1 Å². The highest BCUT2D eigenvalue weighted by molar-refractivity contribution is 5.73. The van der Waals surface area contributed by atoms with Crippen LogP contribution in [0, 0.1) is 0 Å². The van der Waals surface area contributed by atoms with Gasteiger partial charge in [-0.2, -0.15) is 0 Å². The Kier molecular flexibility index (Phi) is 1.43. The summed E-state index contributed by atoms with van der Waals surface area (Å²) in [5, 5.41) is 3.75. The van der Waals surface area contributed by atoms with E-state index in [0.717, 1.165) is 6.29 Å². The molecular weight excluding hydrogens is 158 g/mol. The molecule has 0 saturated heterocycles. The number of hydrogen-bond acceptors (Lipinski definition) is 4. The minimum atomic E-state index is 0.369. The number of aryl methyl sites for hydroxylation is 1. The van der Waals surface area contributed by atoms with E-state index in [0.29, 0.717) is 23.8 Å². The van der Waals surface area contributed by atoms with Crippen LogP contribution in [-0.4, -0.2) is 20.8 Å². The summed E-state index contributed by atoms with van der Waals surface area (Å²) in [6.07, 6.45) is 2.91. The summed E-state index contributed by atoms with van der Waals surface area (Å²) >= 11 is 0. The Labute approximate surface area is 68.0 Å². The molecule has 0 N–H and O–H groups in total. The molecule has 2 aromatic heterocycles. The lowest BCUT2D eigenvalue weighted by Crippen LogP contribution is -1.94. The van der Waals surface area contributed by atoms with E-state index in [1.165, 1.54) is 6.20 Å². The van der Waals surface area contributed by atoms with Gasteiger partial charge in [-0.1, -0.05) is 12.1 Å². The van der Waals surface area contributed by atoms with Gasteiger partial charge in [0.15, 0.2) is 12.1 Å². The molecule has 0 radical (unpaired) electrons. The summed E-state index contributed by atoms with van der Waals surface area (Å²) in [6.45, 7) is 1.94. The van der Waals surface area contributed by atoms with Crippen LogP contribution in [0.5, 0.6) is 0 Å². The van der Waals surface area contributed by atoms with Crippen molar-refractivity contribution in [2.75, 3.05) is 0 Å². The van der Waals surface area contributed by atoms with E-state index in [4.69, 9.17) is 4.52 Å². The average Bonchev–Trinajstić information content (AvgIpc) is 2.62. The van der Waals surface area contributed by atoms with Crippen molar-refractivity contribution in [3.63, 3.8) is 0 Å². The van der Waals surface area contributed by atoms with Crippen LogP contribution in [0.2, 0.25) is 0 Å². The zero-order valence-corrected chi connectivity index (χ0v) is 6.52. The first kappa shape index (κ1) is 7.02. The second-order valence-corrected chi connectivity index (χ2v) is 2.37. The summed E-state index contributed by atoms with van der Waals surface area (Å²) in [7, 11) is 0. The van der Waals surface area contributed by atoms with Gasteiger partial charge < -0.3 is 4.52 Å². The molecule has 2 heterocycles. The van der Waals surface area contributed by atoms with Gasteiger partial charge in [-0.25, -0.2) is 9.38 Å². The summed E-state index contributed by atoms with van der Waals surface area (Å²) < 4.78 is 6.47. The fourth-order valence-corrected chi connectivity index (χ4v) is 1.11. The van der Waals surface area contributed by atoms with Gasteiger partial charge in [0.25, 0.3) is 0 Å². The first-order chi connectivity index (χ1) is 5.86. The van der Waals surface area contributed by atoms with Gasteiger partial charge in [-0.05, 0) is 0 Å². The Hall–Kier alpha value is -1.65. The highest BCUT2D eigenvalue weighted by atomic mass is 16.5. The molecule has 0 aliphatic heterocycles. The highest BCUT2D eigenvalue weighted by Gasteiger charge is 2.10. The van der Waals surface area contributed by atoms with Gasteiger partial charge in [-0.3, -0.25) is 4.79 Å². The van der Waals surface area contributed by atoms with Crippen molar-refractivity contribution in [3.05, 3.63) is 17.7 Å². The number of carbonyl (C=O) groups is 1. The predicted octanol–water partition coefficient (Wildman–Crippen LogP) is 0.697. The molecule has 0 aromatic carbocycles. The van der Waals surface area contributed by atoms with E-state index >= 15 is 0 Å². The fourth-order valence-electron chi connectivity index (χ4n) is 1.11.